The van der Waals surface area contributed by atoms with E-state index in [-0.39, 0.29) is 0 Å². The van der Waals surface area contributed by atoms with Crippen molar-refractivity contribution in [1.29, 1.82) is 0 Å². The first-order chi connectivity index (χ1) is 11.6. The largest absolute Gasteiger partial charge is 0.455 e. The maximum absolute atomic E-state index is 6.28. The van der Waals surface area contributed by atoms with Crippen LogP contribution in [-0.2, 0) is 6.54 Å². The zero-order valence-corrected chi connectivity index (χ0v) is 14.7. The van der Waals surface area contributed by atoms with E-state index in [9.17, 15) is 0 Å². The average molecular weight is 316 g/mol. The van der Waals surface area contributed by atoms with Crippen LogP contribution in [0.25, 0.3) is 33.2 Å². The minimum Gasteiger partial charge on any atom is -0.455 e. The molecule has 0 atom stereocenters. The fourth-order valence-electron chi connectivity index (χ4n) is 3.49. The average Bonchev–Trinajstić information content (AvgIpc) is 2.95. The van der Waals surface area contributed by atoms with Crippen LogP contribution in [0.4, 0.5) is 0 Å². The number of furan rings is 1. The lowest BCUT2D eigenvalue weighted by Gasteiger charge is -2.09. The minimum atomic E-state index is 0.937. The van der Waals surface area contributed by atoms with Gasteiger partial charge in [0.15, 0.2) is 6.20 Å². The molecule has 4 aromatic rings. The van der Waals surface area contributed by atoms with Crippen molar-refractivity contribution in [1.82, 2.24) is 0 Å². The molecule has 0 spiro atoms. The van der Waals surface area contributed by atoms with E-state index in [1.807, 2.05) is 12.1 Å². The van der Waals surface area contributed by atoms with Gasteiger partial charge in [0.1, 0.15) is 17.7 Å². The number of hydrogen-bond donors (Lipinski definition) is 0. The van der Waals surface area contributed by atoms with Crippen LogP contribution in [0.3, 0.4) is 0 Å². The van der Waals surface area contributed by atoms with Gasteiger partial charge >= 0.3 is 0 Å². The summed E-state index contributed by atoms with van der Waals surface area (Å²) in [7, 11) is 0. The van der Waals surface area contributed by atoms with E-state index in [0.29, 0.717) is 0 Å². The van der Waals surface area contributed by atoms with Crippen LogP contribution >= 0.6 is 0 Å². The third kappa shape index (κ3) is 2.14. The molecule has 0 fully saturated rings. The Balaban J connectivity index is 2.14. The van der Waals surface area contributed by atoms with Crippen LogP contribution in [0.15, 0.2) is 53.1 Å². The third-order valence-electron chi connectivity index (χ3n) is 4.99. The quantitative estimate of drug-likeness (QED) is 0.447. The van der Waals surface area contributed by atoms with Gasteiger partial charge in [-0.05, 0) is 44.9 Å². The summed E-state index contributed by atoms with van der Waals surface area (Å²) in [6, 6.07) is 14.9. The van der Waals surface area contributed by atoms with E-state index in [2.05, 4.69) is 68.8 Å². The Morgan fingerprint density at radius 1 is 0.875 bits per heavy atom. The highest BCUT2D eigenvalue weighted by Crippen LogP contribution is 2.37. The number of fused-ring (bicyclic) bond motifs is 3. The van der Waals surface area contributed by atoms with Gasteiger partial charge in [-0.15, -0.1) is 0 Å². The zero-order chi connectivity index (χ0) is 16.8. The molecule has 0 saturated carbocycles. The summed E-state index contributed by atoms with van der Waals surface area (Å²) in [6.07, 6.45) is 2.24. The molecule has 2 nitrogen and oxygen atoms in total. The van der Waals surface area contributed by atoms with Crippen molar-refractivity contribution in [2.24, 2.45) is 0 Å². The summed E-state index contributed by atoms with van der Waals surface area (Å²) in [5, 5.41) is 2.37. The zero-order valence-electron chi connectivity index (χ0n) is 14.7. The highest BCUT2D eigenvalue weighted by Gasteiger charge is 2.22. The molecule has 0 unspecified atom stereocenters. The lowest BCUT2D eigenvalue weighted by atomic mass is 9.99. The Morgan fingerprint density at radius 3 is 2.46 bits per heavy atom. The highest BCUT2D eigenvalue weighted by molar-refractivity contribution is 6.09. The van der Waals surface area contributed by atoms with Crippen molar-refractivity contribution >= 4 is 21.9 Å². The molecule has 0 aliphatic rings. The molecule has 4 rings (SSSR count). The van der Waals surface area contributed by atoms with Crippen LogP contribution in [0.2, 0.25) is 0 Å². The predicted octanol–water partition coefficient (Wildman–Crippen LogP) is 5.49. The second-order valence-corrected chi connectivity index (χ2v) is 6.54. The minimum absolute atomic E-state index is 0.937. The normalized spacial score (nSPS) is 11.5. The Morgan fingerprint density at radius 2 is 1.67 bits per heavy atom. The lowest BCUT2D eigenvalue weighted by molar-refractivity contribution is -0.683. The van der Waals surface area contributed by atoms with Gasteiger partial charge < -0.3 is 4.42 Å². The molecule has 2 heteroatoms. The molecule has 0 radical (unpaired) electrons. The number of pyridine rings is 1. The second kappa shape index (κ2) is 5.48. The Kier molecular flexibility index (Phi) is 3.42. The van der Waals surface area contributed by atoms with Gasteiger partial charge in [0.05, 0.1) is 5.56 Å². The van der Waals surface area contributed by atoms with Crippen LogP contribution in [0.5, 0.6) is 0 Å². The summed E-state index contributed by atoms with van der Waals surface area (Å²) in [5.41, 5.74) is 8.23. The predicted molar refractivity (Wildman–Crippen MR) is 99.2 cm³/mol. The fraction of sp³-hybridized carbons (Fsp3) is 0.227. The van der Waals surface area contributed by atoms with Crippen LogP contribution in [0.1, 0.15) is 23.6 Å². The maximum atomic E-state index is 6.28. The molecular formula is C22H22NO+. The third-order valence-corrected chi connectivity index (χ3v) is 4.99. The number of aromatic nitrogens is 1. The van der Waals surface area contributed by atoms with Gasteiger partial charge in [-0.2, -0.15) is 4.57 Å². The molecule has 2 heterocycles. The van der Waals surface area contributed by atoms with E-state index in [1.165, 1.54) is 38.7 Å². The molecule has 24 heavy (non-hydrogen) atoms. The van der Waals surface area contributed by atoms with Gasteiger partial charge in [0.2, 0.25) is 5.69 Å². The number of nitrogens with zero attached hydrogens (tertiary/aromatic N) is 1. The van der Waals surface area contributed by atoms with Gasteiger partial charge in [0, 0.05) is 22.4 Å². The fourth-order valence-corrected chi connectivity index (χ4v) is 3.49. The SMILES string of the molecule is CC[n+]1cc(C)c(C)cc1-c1c(C)ccc2c1oc1ccccc12. The topological polar surface area (TPSA) is 17.0 Å². The molecule has 120 valence electrons. The van der Waals surface area contributed by atoms with E-state index >= 15 is 0 Å². The summed E-state index contributed by atoms with van der Waals surface area (Å²) in [6.45, 7) is 9.63. The first-order valence-corrected chi connectivity index (χ1v) is 8.52. The van der Waals surface area contributed by atoms with E-state index < -0.39 is 0 Å². The van der Waals surface area contributed by atoms with Crippen LogP contribution in [-0.4, -0.2) is 0 Å². The number of benzene rings is 2. The van der Waals surface area contributed by atoms with Crippen LogP contribution < -0.4 is 4.57 Å². The van der Waals surface area contributed by atoms with Crippen molar-refractivity contribution in [2.45, 2.75) is 34.2 Å². The Labute approximate surface area is 142 Å². The lowest BCUT2D eigenvalue weighted by Crippen LogP contribution is -2.35. The summed E-state index contributed by atoms with van der Waals surface area (Å²) in [5.74, 6) is 0. The summed E-state index contributed by atoms with van der Waals surface area (Å²) < 4.78 is 8.59. The van der Waals surface area contributed by atoms with Gasteiger partial charge in [-0.3, -0.25) is 0 Å². The molecule has 0 aliphatic heterocycles. The Hall–Kier alpha value is -2.61. The first-order valence-electron chi connectivity index (χ1n) is 8.52. The molecule has 2 aromatic carbocycles. The monoisotopic (exact) mass is 316 g/mol. The van der Waals surface area contributed by atoms with E-state index in [0.717, 1.165) is 17.7 Å². The summed E-state index contributed by atoms with van der Waals surface area (Å²) in [4.78, 5) is 0. The number of para-hydroxylation sites is 1. The van der Waals surface area contributed by atoms with E-state index in [4.69, 9.17) is 4.42 Å². The summed E-state index contributed by atoms with van der Waals surface area (Å²) >= 11 is 0. The van der Waals surface area contributed by atoms with Crippen molar-refractivity contribution in [3.8, 4) is 11.3 Å². The van der Waals surface area contributed by atoms with Gasteiger partial charge in [0.25, 0.3) is 0 Å². The first kappa shape index (κ1) is 14.9. The maximum Gasteiger partial charge on any atom is 0.216 e. The molecular weight excluding hydrogens is 294 g/mol. The smallest absolute Gasteiger partial charge is 0.216 e. The number of rotatable bonds is 2. The van der Waals surface area contributed by atoms with Crippen molar-refractivity contribution in [3.63, 3.8) is 0 Å². The number of hydrogen-bond acceptors (Lipinski definition) is 1. The van der Waals surface area contributed by atoms with Gasteiger partial charge in [-0.1, -0.05) is 30.3 Å². The van der Waals surface area contributed by atoms with Crippen LogP contribution in [0, 0.1) is 20.8 Å². The Bertz CT molecular complexity index is 1070. The van der Waals surface area contributed by atoms with Crippen molar-refractivity contribution in [2.75, 3.05) is 0 Å². The molecule has 0 bridgehead atoms. The number of aryl methyl sites for hydroxylation is 4. The molecule has 0 saturated heterocycles. The molecule has 0 aliphatic carbocycles. The molecule has 2 aromatic heterocycles. The highest BCUT2D eigenvalue weighted by atomic mass is 16.3. The molecule has 0 amide bonds. The standard InChI is InChI=1S/C22H22NO/c1-5-23-13-16(4)15(3)12-19(23)21-14(2)10-11-18-17-8-6-7-9-20(17)24-22(18)21/h6-13H,5H2,1-4H3/q+1. The van der Waals surface area contributed by atoms with E-state index in [1.54, 1.807) is 0 Å². The van der Waals surface area contributed by atoms with Gasteiger partial charge in [-0.25, -0.2) is 0 Å². The second-order valence-electron chi connectivity index (χ2n) is 6.54. The van der Waals surface area contributed by atoms with Crippen molar-refractivity contribution in [3.05, 3.63) is 65.4 Å². The van der Waals surface area contributed by atoms with Crippen molar-refractivity contribution < 1.29 is 8.98 Å². The molecule has 0 N–H and O–H groups in total.